The second-order valence-electron chi connectivity index (χ2n) is 6.69. The second-order valence-corrected chi connectivity index (χ2v) is 11.6. The van der Waals surface area contributed by atoms with E-state index in [9.17, 15) is 21.6 Å². The minimum absolute atomic E-state index is 0.0927. The number of hydrogen-bond donors (Lipinski definition) is 2. The molecule has 0 aliphatic carbocycles. The Bertz CT molecular complexity index is 1340. The third-order valence-electron chi connectivity index (χ3n) is 4.26. The predicted octanol–water partition coefficient (Wildman–Crippen LogP) is 0.857. The van der Waals surface area contributed by atoms with Gasteiger partial charge in [-0.15, -0.1) is 11.3 Å². The van der Waals surface area contributed by atoms with Crippen LogP contribution in [0, 0.1) is 0 Å². The molecule has 0 aliphatic heterocycles. The van der Waals surface area contributed by atoms with Crippen LogP contribution in [-0.2, 0) is 24.7 Å². The summed E-state index contributed by atoms with van der Waals surface area (Å²) in [7, 11) is -6.15. The van der Waals surface area contributed by atoms with Gasteiger partial charge in [0, 0.05) is 25.1 Å². The molecule has 0 radical (unpaired) electrons. The Morgan fingerprint density at radius 2 is 1.90 bits per heavy atom. The third-order valence-corrected chi connectivity index (χ3v) is 7.58. The first-order valence-electron chi connectivity index (χ1n) is 8.86. The summed E-state index contributed by atoms with van der Waals surface area (Å²) in [6.45, 7) is -0.303. The average Bonchev–Trinajstić information content (AvgIpc) is 3.08. The highest BCUT2D eigenvalue weighted by atomic mass is 32.2. The smallest absolute Gasteiger partial charge is 0.245 e. The minimum Gasteiger partial charge on any atom is -0.481 e. The zero-order valence-corrected chi connectivity index (χ0v) is 19.1. The average molecular weight is 485 g/mol. The number of methoxy groups -OCH3 is 1. The number of rotatable bonds is 8. The summed E-state index contributed by atoms with van der Waals surface area (Å²) in [4.78, 5) is 21.0. The summed E-state index contributed by atoms with van der Waals surface area (Å²) >= 11 is 1.08. The van der Waals surface area contributed by atoms with Crippen LogP contribution >= 0.6 is 11.3 Å². The van der Waals surface area contributed by atoms with E-state index in [1.165, 1.54) is 7.11 Å². The van der Waals surface area contributed by atoms with Crippen molar-refractivity contribution in [2.45, 2.75) is 5.25 Å². The molecule has 0 saturated carbocycles. The summed E-state index contributed by atoms with van der Waals surface area (Å²) in [6, 6.07) is 8.97. The summed E-state index contributed by atoms with van der Waals surface area (Å²) in [5.74, 6) is -0.914. The van der Waals surface area contributed by atoms with Crippen LogP contribution < -0.4 is 15.2 Å². The monoisotopic (exact) mass is 484 g/mol. The molecule has 2 aromatic heterocycles. The van der Waals surface area contributed by atoms with Gasteiger partial charge in [0.05, 0.1) is 23.1 Å². The van der Waals surface area contributed by atoms with Crippen LogP contribution in [0.5, 0.6) is 5.88 Å². The van der Waals surface area contributed by atoms with Gasteiger partial charge in [0.2, 0.25) is 21.8 Å². The number of benzene rings is 1. The third kappa shape index (κ3) is 5.76. The van der Waals surface area contributed by atoms with Gasteiger partial charge in [0.25, 0.3) is 0 Å². The summed E-state index contributed by atoms with van der Waals surface area (Å²) in [6.07, 6.45) is 2.54. The maximum Gasteiger partial charge on any atom is 0.245 e. The van der Waals surface area contributed by atoms with Crippen molar-refractivity contribution in [3.05, 3.63) is 41.5 Å². The van der Waals surface area contributed by atoms with Gasteiger partial charge in [-0.2, -0.15) is 0 Å². The maximum absolute atomic E-state index is 12.5. The van der Waals surface area contributed by atoms with Gasteiger partial charge in [-0.3, -0.25) is 4.79 Å². The van der Waals surface area contributed by atoms with Crippen LogP contribution in [0.1, 0.15) is 10.3 Å². The Balaban J connectivity index is 1.94. The number of nitrogens with one attached hydrogen (secondary N) is 1. The van der Waals surface area contributed by atoms with E-state index < -0.39 is 36.8 Å². The molecule has 31 heavy (non-hydrogen) atoms. The summed E-state index contributed by atoms with van der Waals surface area (Å²) in [5.41, 5.74) is 2.18. The number of carbonyl (C=O) groups is 1. The van der Waals surface area contributed by atoms with Crippen LogP contribution in [0.25, 0.3) is 21.3 Å². The fourth-order valence-electron chi connectivity index (χ4n) is 2.84. The van der Waals surface area contributed by atoms with Gasteiger partial charge in [0.1, 0.15) is 5.01 Å². The first-order chi connectivity index (χ1) is 14.5. The molecule has 1 aromatic carbocycles. The Morgan fingerprint density at radius 1 is 1.19 bits per heavy atom. The number of sulfonamides is 1. The molecule has 10 nitrogen and oxygen atoms in total. The first kappa shape index (κ1) is 23.1. The van der Waals surface area contributed by atoms with E-state index >= 15 is 0 Å². The number of thiazole rings is 1. The van der Waals surface area contributed by atoms with E-state index in [1.807, 2.05) is 6.07 Å². The molecule has 166 valence electrons. The van der Waals surface area contributed by atoms with Gasteiger partial charge < -0.3 is 10.1 Å². The lowest BCUT2D eigenvalue weighted by molar-refractivity contribution is -0.120. The van der Waals surface area contributed by atoms with Crippen molar-refractivity contribution in [1.29, 1.82) is 0 Å². The zero-order chi connectivity index (χ0) is 22.8. The number of nitrogens with zero attached hydrogens (tertiary/aromatic N) is 2. The fraction of sp³-hybridized carbons (Fsp3) is 0.278. The molecule has 0 saturated heterocycles. The van der Waals surface area contributed by atoms with Crippen molar-refractivity contribution >= 4 is 47.3 Å². The molecule has 0 aliphatic rings. The molecule has 2 heterocycles. The second kappa shape index (κ2) is 8.86. The number of hydrogen-bond acceptors (Lipinski definition) is 9. The van der Waals surface area contributed by atoms with Crippen molar-refractivity contribution in [1.82, 2.24) is 15.3 Å². The van der Waals surface area contributed by atoms with Crippen LogP contribution in [-0.4, -0.2) is 58.4 Å². The van der Waals surface area contributed by atoms with E-state index in [0.717, 1.165) is 28.7 Å². The van der Waals surface area contributed by atoms with E-state index in [0.29, 0.717) is 16.1 Å². The van der Waals surface area contributed by atoms with Gasteiger partial charge in [-0.25, -0.2) is 31.9 Å². The number of aromatic nitrogens is 2. The predicted molar refractivity (Wildman–Crippen MR) is 118 cm³/mol. The van der Waals surface area contributed by atoms with Gasteiger partial charge in [0.15, 0.2) is 15.1 Å². The molecule has 3 rings (SSSR count). The number of nitrogens with two attached hydrogens (primary N) is 1. The molecule has 0 fully saturated rings. The number of amides is 1. The van der Waals surface area contributed by atoms with E-state index in [4.69, 9.17) is 9.88 Å². The first-order valence-corrected chi connectivity index (χ1v) is 13.3. The highest BCUT2D eigenvalue weighted by Crippen LogP contribution is 2.33. The minimum atomic E-state index is -3.87. The molecular weight excluding hydrogens is 464 g/mol. The standard InChI is InChI=1S/C18H20N4O6S3/c1-28-15-10-12(5-6-20-15)11-3-4-14-13(9-11)22-18(29-14)16(30(2,24)25)17(23)21-7-8-31(19,26)27/h3-6,9-10,16H,7-8H2,1-2H3,(H,21,23)(H2,19,26,27). The number of ether oxygens (including phenoxy) is 1. The van der Waals surface area contributed by atoms with Gasteiger partial charge >= 0.3 is 0 Å². The quantitative estimate of drug-likeness (QED) is 0.476. The van der Waals surface area contributed by atoms with Crippen LogP contribution in [0.15, 0.2) is 36.5 Å². The topological polar surface area (TPSA) is 158 Å². The number of fused-ring (bicyclic) bond motifs is 1. The zero-order valence-electron chi connectivity index (χ0n) is 16.6. The summed E-state index contributed by atoms with van der Waals surface area (Å²) in [5, 5.41) is 5.75. The number of carbonyl (C=O) groups excluding carboxylic acids is 1. The van der Waals surface area contributed by atoms with Crippen LogP contribution in [0.4, 0.5) is 0 Å². The van der Waals surface area contributed by atoms with E-state index in [1.54, 1.807) is 30.5 Å². The van der Waals surface area contributed by atoms with Crippen LogP contribution in [0.2, 0.25) is 0 Å². The molecule has 13 heteroatoms. The maximum atomic E-state index is 12.5. The molecule has 0 spiro atoms. The molecule has 3 N–H and O–H groups in total. The SMILES string of the molecule is COc1cc(-c2ccc3sc(C(C(=O)NCCS(N)(=O)=O)S(C)(=O)=O)nc3c2)ccn1. The van der Waals surface area contributed by atoms with Crippen molar-refractivity contribution in [3.8, 4) is 17.0 Å². The Kier molecular flexibility index (Phi) is 6.59. The normalized spacial score (nSPS) is 13.1. The Morgan fingerprint density at radius 3 is 2.55 bits per heavy atom. The van der Waals surface area contributed by atoms with Gasteiger partial charge in [-0.1, -0.05) is 6.07 Å². The lowest BCUT2D eigenvalue weighted by Gasteiger charge is -2.12. The lowest BCUT2D eigenvalue weighted by atomic mass is 10.1. The molecule has 0 bridgehead atoms. The molecule has 1 atom stereocenters. The molecule has 3 aromatic rings. The summed E-state index contributed by atoms with van der Waals surface area (Å²) < 4.78 is 52.5. The van der Waals surface area contributed by atoms with Crippen molar-refractivity contribution in [2.75, 3.05) is 25.7 Å². The van der Waals surface area contributed by atoms with E-state index in [2.05, 4.69) is 15.3 Å². The van der Waals surface area contributed by atoms with Crippen molar-refractivity contribution in [3.63, 3.8) is 0 Å². The van der Waals surface area contributed by atoms with Crippen molar-refractivity contribution in [2.24, 2.45) is 5.14 Å². The fourth-order valence-corrected chi connectivity index (χ4v) is 5.71. The van der Waals surface area contributed by atoms with Gasteiger partial charge in [-0.05, 0) is 29.3 Å². The Hall–Kier alpha value is -2.61. The number of primary sulfonamides is 1. The lowest BCUT2D eigenvalue weighted by Crippen LogP contribution is -2.37. The molecule has 1 amide bonds. The highest BCUT2D eigenvalue weighted by molar-refractivity contribution is 7.91. The highest BCUT2D eigenvalue weighted by Gasteiger charge is 2.34. The number of pyridine rings is 1. The van der Waals surface area contributed by atoms with E-state index in [-0.39, 0.29) is 11.6 Å². The molecular formula is C18H20N4O6S3. The van der Waals surface area contributed by atoms with Crippen molar-refractivity contribution < 1.29 is 26.4 Å². The van der Waals surface area contributed by atoms with Crippen LogP contribution in [0.3, 0.4) is 0 Å². The largest absolute Gasteiger partial charge is 0.481 e. The molecule has 1 unspecified atom stereocenters. The number of sulfone groups is 1. The Labute approximate surface area is 183 Å².